The van der Waals surface area contributed by atoms with E-state index < -0.39 is 0 Å². The minimum absolute atomic E-state index is 0.813. The summed E-state index contributed by atoms with van der Waals surface area (Å²) in [6.45, 7) is 7.35. The van der Waals surface area contributed by atoms with Crippen molar-refractivity contribution >= 4 is 0 Å². The Morgan fingerprint density at radius 1 is 1.27 bits per heavy atom. The minimum Gasteiger partial charge on any atom is -0.314 e. The normalized spacial score (nSPS) is 26.5. The number of nitrogens with one attached hydrogen (secondary N) is 1. The van der Waals surface area contributed by atoms with E-state index in [2.05, 4.69) is 18.8 Å². The van der Waals surface area contributed by atoms with Crippen LogP contribution in [0.5, 0.6) is 0 Å². The Labute approximate surface area is 95.3 Å². The summed E-state index contributed by atoms with van der Waals surface area (Å²) in [5, 5.41) is 3.70. The molecule has 1 heteroatoms. The number of unbranched alkanes of at least 4 members (excludes halogenated alkanes) is 3. The predicted octanol–water partition coefficient (Wildman–Crippen LogP) is 3.90. The van der Waals surface area contributed by atoms with E-state index in [0.717, 1.165) is 12.0 Å². The molecular formula is C14H27N. The lowest BCUT2D eigenvalue weighted by atomic mass is 9.87. The van der Waals surface area contributed by atoms with Crippen LogP contribution in [0.25, 0.3) is 0 Å². The van der Waals surface area contributed by atoms with Crippen LogP contribution in [-0.4, -0.2) is 12.6 Å². The lowest BCUT2D eigenvalue weighted by molar-refractivity contribution is 0.300. The summed E-state index contributed by atoms with van der Waals surface area (Å²) in [6.07, 6.45) is 12.9. The van der Waals surface area contributed by atoms with E-state index in [0.29, 0.717) is 0 Å². The van der Waals surface area contributed by atoms with Crippen molar-refractivity contribution in [1.29, 1.82) is 0 Å². The number of hydrogen-bond acceptors (Lipinski definition) is 1. The minimum atomic E-state index is 0.813. The molecule has 1 nitrogen and oxygen atoms in total. The van der Waals surface area contributed by atoms with Crippen molar-refractivity contribution < 1.29 is 0 Å². The fourth-order valence-electron chi connectivity index (χ4n) is 2.52. The fourth-order valence-corrected chi connectivity index (χ4v) is 2.52. The van der Waals surface area contributed by atoms with Crippen LogP contribution in [0.1, 0.15) is 58.3 Å². The van der Waals surface area contributed by atoms with E-state index in [9.17, 15) is 0 Å². The van der Waals surface area contributed by atoms with Gasteiger partial charge in [-0.15, -0.1) is 6.58 Å². The second-order valence-corrected chi connectivity index (χ2v) is 5.06. The number of rotatable bonds is 7. The molecule has 1 rings (SSSR count). The van der Waals surface area contributed by atoms with Crippen LogP contribution in [-0.2, 0) is 0 Å². The predicted molar refractivity (Wildman–Crippen MR) is 68.1 cm³/mol. The molecule has 0 radical (unpaired) electrons. The SMILES string of the molecule is C=CCCCCCNC1CCCC(C)C1. The Morgan fingerprint density at radius 3 is 2.87 bits per heavy atom. The number of hydrogen-bond donors (Lipinski definition) is 1. The van der Waals surface area contributed by atoms with Gasteiger partial charge in [0.25, 0.3) is 0 Å². The molecule has 2 atom stereocenters. The topological polar surface area (TPSA) is 12.0 Å². The Bertz CT molecular complexity index is 165. The van der Waals surface area contributed by atoms with Crippen molar-refractivity contribution in [1.82, 2.24) is 5.32 Å². The van der Waals surface area contributed by atoms with Crippen LogP contribution < -0.4 is 5.32 Å². The highest BCUT2D eigenvalue weighted by molar-refractivity contribution is 4.75. The van der Waals surface area contributed by atoms with Crippen molar-refractivity contribution in [3.05, 3.63) is 12.7 Å². The first-order valence-electron chi connectivity index (χ1n) is 6.67. The maximum Gasteiger partial charge on any atom is 0.00696 e. The molecule has 88 valence electrons. The van der Waals surface area contributed by atoms with E-state index in [4.69, 9.17) is 0 Å². The Balaban J connectivity index is 1.92. The third-order valence-electron chi connectivity index (χ3n) is 3.45. The molecule has 0 aromatic carbocycles. The average molecular weight is 209 g/mol. The van der Waals surface area contributed by atoms with Gasteiger partial charge in [-0.1, -0.05) is 32.3 Å². The van der Waals surface area contributed by atoms with Gasteiger partial charge in [0.1, 0.15) is 0 Å². The first-order chi connectivity index (χ1) is 7.33. The summed E-state index contributed by atoms with van der Waals surface area (Å²) in [5.41, 5.74) is 0. The fraction of sp³-hybridized carbons (Fsp3) is 0.857. The first-order valence-corrected chi connectivity index (χ1v) is 6.67. The van der Waals surface area contributed by atoms with Crippen molar-refractivity contribution in [2.75, 3.05) is 6.54 Å². The summed E-state index contributed by atoms with van der Waals surface area (Å²) in [4.78, 5) is 0. The first kappa shape index (κ1) is 12.8. The van der Waals surface area contributed by atoms with Crippen molar-refractivity contribution in [2.45, 2.75) is 64.3 Å². The van der Waals surface area contributed by atoms with Crippen LogP contribution in [0.2, 0.25) is 0 Å². The van der Waals surface area contributed by atoms with Crippen molar-refractivity contribution in [2.24, 2.45) is 5.92 Å². The maximum atomic E-state index is 3.74. The summed E-state index contributed by atoms with van der Waals surface area (Å²) in [5.74, 6) is 0.942. The second kappa shape index (κ2) is 7.92. The Morgan fingerprint density at radius 2 is 2.13 bits per heavy atom. The lowest BCUT2D eigenvalue weighted by Crippen LogP contribution is -2.34. The summed E-state index contributed by atoms with van der Waals surface area (Å²) >= 11 is 0. The molecule has 0 heterocycles. The highest BCUT2D eigenvalue weighted by atomic mass is 14.9. The molecule has 0 amide bonds. The maximum absolute atomic E-state index is 3.74. The monoisotopic (exact) mass is 209 g/mol. The highest BCUT2D eigenvalue weighted by Gasteiger charge is 2.17. The molecule has 0 aromatic rings. The molecule has 1 N–H and O–H groups in total. The lowest BCUT2D eigenvalue weighted by Gasteiger charge is -2.27. The molecular weight excluding hydrogens is 182 g/mol. The highest BCUT2D eigenvalue weighted by Crippen LogP contribution is 2.23. The van der Waals surface area contributed by atoms with Gasteiger partial charge in [-0.05, 0) is 44.6 Å². The van der Waals surface area contributed by atoms with Gasteiger partial charge in [-0.3, -0.25) is 0 Å². The van der Waals surface area contributed by atoms with Gasteiger partial charge in [0, 0.05) is 6.04 Å². The zero-order valence-electron chi connectivity index (χ0n) is 10.3. The van der Waals surface area contributed by atoms with Gasteiger partial charge in [0.05, 0.1) is 0 Å². The summed E-state index contributed by atoms with van der Waals surface area (Å²) in [6, 6.07) is 0.813. The molecule has 0 spiro atoms. The third kappa shape index (κ3) is 5.99. The van der Waals surface area contributed by atoms with Gasteiger partial charge in [0.15, 0.2) is 0 Å². The zero-order valence-corrected chi connectivity index (χ0v) is 10.3. The van der Waals surface area contributed by atoms with Crippen LogP contribution in [0, 0.1) is 5.92 Å². The van der Waals surface area contributed by atoms with Gasteiger partial charge in [-0.2, -0.15) is 0 Å². The zero-order chi connectivity index (χ0) is 10.9. The van der Waals surface area contributed by atoms with Crippen molar-refractivity contribution in [3.63, 3.8) is 0 Å². The van der Waals surface area contributed by atoms with E-state index in [1.165, 1.54) is 57.9 Å². The number of allylic oxidation sites excluding steroid dienone is 1. The molecule has 15 heavy (non-hydrogen) atoms. The van der Waals surface area contributed by atoms with Gasteiger partial charge in [0.2, 0.25) is 0 Å². The standard InChI is InChI=1S/C14H27N/c1-3-4-5-6-7-11-15-14-10-8-9-13(2)12-14/h3,13-15H,1,4-12H2,2H3. The summed E-state index contributed by atoms with van der Waals surface area (Å²) in [7, 11) is 0. The van der Waals surface area contributed by atoms with Crippen LogP contribution in [0.3, 0.4) is 0 Å². The quantitative estimate of drug-likeness (QED) is 0.495. The smallest absolute Gasteiger partial charge is 0.00696 e. The molecule has 1 saturated carbocycles. The molecule has 0 saturated heterocycles. The molecule has 1 fully saturated rings. The largest absolute Gasteiger partial charge is 0.314 e. The van der Waals surface area contributed by atoms with E-state index >= 15 is 0 Å². The van der Waals surface area contributed by atoms with Crippen LogP contribution in [0.15, 0.2) is 12.7 Å². The van der Waals surface area contributed by atoms with Gasteiger partial charge < -0.3 is 5.32 Å². The Kier molecular flexibility index (Phi) is 6.74. The second-order valence-electron chi connectivity index (χ2n) is 5.06. The van der Waals surface area contributed by atoms with E-state index in [-0.39, 0.29) is 0 Å². The average Bonchev–Trinajstić information content (AvgIpc) is 2.23. The van der Waals surface area contributed by atoms with Gasteiger partial charge in [-0.25, -0.2) is 0 Å². The third-order valence-corrected chi connectivity index (χ3v) is 3.45. The summed E-state index contributed by atoms with van der Waals surface area (Å²) < 4.78 is 0. The van der Waals surface area contributed by atoms with Crippen LogP contribution in [0.4, 0.5) is 0 Å². The van der Waals surface area contributed by atoms with E-state index in [1.807, 2.05) is 6.08 Å². The van der Waals surface area contributed by atoms with E-state index in [1.54, 1.807) is 0 Å². The molecule has 0 bridgehead atoms. The molecule has 1 aliphatic carbocycles. The molecule has 0 aliphatic heterocycles. The van der Waals surface area contributed by atoms with Crippen molar-refractivity contribution in [3.8, 4) is 0 Å². The Hall–Kier alpha value is -0.300. The molecule has 0 aromatic heterocycles. The van der Waals surface area contributed by atoms with Gasteiger partial charge >= 0.3 is 0 Å². The molecule has 1 aliphatic rings. The molecule has 2 unspecified atom stereocenters. The van der Waals surface area contributed by atoms with Crippen LogP contribution >= 0.6 is 0 Å².